The normalized spacial score (nSPS) is 22.2. The molecule has 2 fully saturated rings. The fraction of sp³-hybridized carbons (Fsp3) is 0.643. The Morgan fingerprint density at radius 1 is 1.30 bits per heavy atom. The van der Waals surface area contributed by atoms with Crippen LogP contribution in [0, 0.1) is 0 Å². The summed E-state index contributed by atoms with van der Waals surface area (Å²) in [6, 6.07) is 4.27. The third kappa shape index (κ3) is 3.62. The molecule has 1 saturated carbocycles. The Kier molecular flexibility index (Phi) is 4.12. The Bertz CT molecular complexity index is 629. The van der Waals surface area contributed by atoms with Crippen LogP contribution in [0.15, 0.2) is 18.3 Å². The number of rotatable bonds is 6. The summed E-state index contributed by atoms with van der Waals surface area (Å²) in [4.78, 5) is 2.34. The van der Waals surface area contributed by atoms with Gasteiger partial charge in [-0.3, -0.25) is 4.90 Å². The Hall–Kier alpha value is -2.13. The van der Waals surface area contributed by atoms with Crippen molar-refractivity contribution in [2.45, 2.75) is 31.5 Å². The van der Waals surface area contributed by atoms with Crippen molar-refractivity contribution in [1.82, 2.24) is 35.3 Å². The Morgan fingerprint density at radius 3 is 3.09 bits per heavy atom. The van der Waals surface area contributed by atoms with Crippen LogP contribution in [0.3, 0.4) is 0 Å². The summed E-state index contributed by atoms with van der Waals surface area (Å²) in [6.07, 6.45) is 4.15. The molecule has 3 heterocycles. The van der Waals surface area contributed by atoms with E-state index in [2.05, 4.69) is 35.9 Å². The summed E-state index contributed by atoms with van der Waals surface area (Å²) in [6.45, 7) is 3.96. The standard InChI is InChI=1S/C14H20N8O/c1-2-13(17-16-5-1)15-8-12-9-21(6-7-23-12)10-14-18-19-20-22(14)11-3-4-11/h1-2,5,11-12H,3-4,6-10H2,(H,15,17)/t12-/m1/s1. The van der Waals surface area contributed by atoms with Crippen molar-refractivity contribution in [3.8, 4) is 0 Å². The number of morpholine rings is 1. The Balaban J connectivity index is 1.31. The lowest BCUT2D eigenvalue weighted by atomic mass is 10.2. The lowest BCUT2D eigenvalue weighted by Crippen LogP contribution is -2.45. The topological polar surface area (TPSA) is 93.9 Å². The van der Waals surface area contributed by atoms with Crippen molar-refractivity contribution in [3.05, 3.63) is 24.2 Å². The van der Waals surface area contributed by atoms with Crippen LogP contribution < -0.4 is 5.32 Å². The Morgan fingerprint density at radius 2 is 2.26 bits per heavy atom. The highest BCUT2D eigenvalue weighted by molar-refractivity contribution is 5.31. The van der Waals surface area contributed by atoms with Gasteiger partial charge < -0.3 is 10.1 Å². The first kappa shape index (κ1) is 14.5. The van der Waals surface area contributed by atoms with Gasteiger partial charge in [-0.2, -0.15) is 5.10 Å². The van der Waals surface area contributed by atoms with Gasteiger partial charge in [0.05, 0.1) is 25.3 Å². The van der Waals surface area contributed by atoms with E-state index in [0.29, 0.717) is 12.6 Å². The summed E-state index contributed by atoms with van der Waals surface area (Å²) in [5, 5.41) is 23.2. The first-order valence-corrected chi connectivity index (χ1v) is 8.01. The van der Waals surface area contributed by atoms with Crippen LogP contribution in [-0.4, -0.2) is 67.6 Å². The zero-order valence-electron chi connectivity index (χ0n) is 12.9. The first-order chi connectivity index (χ1) is 11.4. The van der Waals surface area contributed by atoms with Gasteiger partial charge in [-0.15, -0.1) is 10.2 Å². The van der Waals surface area contributed by atoms with E-state index in [4.69, 9.17) is 4.74 Å². The van der Waals surface area contributed by atoms with Crippen molar-refractivity contribution in [2.24, 2.45) is 0 Å². The number of anilines is 1. The van der Waals surface area contributed by atoms with Crippen LogP contribution >= 0.6 is 0 Å². The highest BCUT2D eigenvalue weighted by Crippen LogP contribution is 2.34. The zero-order valence-corrected chi connectivity index (χ0v) is 12.9. The first-order valence-electron chi connectivity index (χ1n) is 8.01. The molecule has 1 N–H and O–H groups in total. The van der Waals surface area contributed by atoms with Crippen LogP contribution in [-0.2, 0) is 11.3 Å². The molecule has 0 unspecified atom stereocenters. The van der Waals surface area contributed by atoms with Gasteiger partial charge in [0, 0.05) is 25.8 Å². The van der Waals surface area contributed by atoms with Gasteiger partial charge in [0.2, 0.25) is 0 Å². The maximum absolute atomic E-state index is 5.83. The van der Waals surface area contributed by atoms with Crippen molar-refractivity contribution >= 4 is 5.82 Å². The van der Waals surface area contributed by atoms with Crippen molar-refractivity contribution in [2.75, 3.05) is 31.6 Å². The quantitative estimate of drug-likeness (QED) is 0.802. The second-order valence-electron chi connectivity index (χ2n) is 5.99. The molecule has 2 aromatic rings. The van der Waals surface area contributed by atoms with Gasteiger partial charge in [0.1, 0.15) is 5.82 Å². The second-order valence-corrected chi connectivity index (χ2v) is 5.99. The largest absolute Gasteiger partial charge is 0.374 e. The van der Waals surface area contributed by atoms with E-state index < -0.39 is 0 Å². The number of aromatic nitrogens is 6. The number of tetrazole rings is 1. The fourth-order valence-electron chi connectivity index (χ4n) is 2.78. The second kappa shape index (κ2) is 6.55. The summed E-state index contributed by atoms with van der Waals surface area (Å²) >= 11 is 0. The van der Waals surface area contributed by atoms with E-state index in [1.807, 2.05) is 16.8 Å². The van der Waals surface area contributed by atoms with Gasteiger partial charge >= 0.3 is 0 Å². The number of hydrogen-bond acceptors (Lipinski definition) is 8. The molecule has 4 rings (SSSR count). The molecule has 2 aromatic heterocycles. The average molecular weight is 316 g/mol. The van der Waals surface area contributed by atoms with Crippen molar-refractivity contribution in [3.63, 3.8) is 0 Å². The van der Waals surface area contributed by atoms with Gasteiger partial charge in [-0.05, 0) is 35.4 Å². The maximum atomic E-state index is 5.83. The number of hydrogen-bond donors (Lipinski definition) is 1. The minimum atomic E-state index is 0.121. The SMILES string of the molecule is c1cnnc(NC[C@@H]2CN(Cc3nnnn3C3CC3)CCO2)c1. The lowest BCUT2D eigenvalue weighted by molar-refractivity contribution is -0.0252. The molecule has 0 spiro atoms. The van der Waals surface area contributed by atoms with Crippen LogP contribution in [0.1, 0.15) is 24.7 Å². The van der Waals surface area contributed by atoms with Crippen LogP contribution in [0.5, 0.6) is 0 Å². The van der Waals surface area contributed by atoms with Gasteiger partial charge in [0.25, 0.3) is 0 Å². The molecule has 23 heavy (non-hydrogen) atoms. The van der Waals surface area contributed by atoms with E-state index in [-0.39, 0.29) is 6.10 Å². The predicted molar refractivity (Wildman–Crippen MR) is 81.6 cm³/mol. The minimum absolute atomic E-state index is 0.121. The molecule has 9 heteroatoms. The lowest BCUT2D eigenvalue weighted by Gasteiger charge is -2.32. The molecule has 1 atom stereocenters. The average Bonchev–Trinajstić information content (AvgIpc) is 3.34. The monoisotopic (exact) mass is 316 g/mol. The molecule has 122 valence electrons. The summed E-state index contributed by atoms with van der Waals surface area (Å²) in [5.74, 6) is 1.72. The van der Waals surface area contributed by atoms with Crippen LogP contribution in [0.25, 0.3) is 0 Å². The summed E-state index contributed by atoms with van der Waals surface area (Å²) < 4.78 is 7.80. The molecule has 0 aromatic carbocycles. The smallest absolute Gasteiger partial charge is 0.165 e. The highest BCUT2D eigenvalue weighted by Gasteiger charge is 2.29. The maximum Gasteiger partial charge on any atom is 0.165 e. The molecular formula is C14H20N8O. The van der Waals surface area contributed by atoms with Gasteiger partial charge in [-0.25, -0.2) is 4.68 Å². The van der Waals surface area contributed by atoms with Crippen LogP contribution in [0.2, 0.25) is 0 Å². The molecule has 9 nitrogen and oxygen atoms in total. The molecule has 0 radical (unpaired) electrons. The molecule has 2 aliphatic rings. The molecule has 0 bridgehead atoms. The fourth-order valence-corrected chi connectivity index (χ4v) is 2.78. The third-order valence-electron chi connectivity index (χ3n) is 4.12. The van der Waals surface area contributed by atoms with E-state index >= 15 is 0 Å². The van der Waals surface area contributed by atoms with E-state index in [0.717, 1.165) is 37.9 Å². The van der Waals surface area contributed by atoms with E-state index in [9.17, 15) is 0 Å². The van der Waals surface area contributed by atoms with Gasteiger partial charge in [0.15, 0.2) is 5.82 Å². The summed E-state index contributed by atoms with van der Waals surface area (Å²) in [7, 11) is 0. The van der Waals surface area contributed by atoms with E-state index in [1.165, 1.54) is 12.8 Å². The number of ether oxygens (including phenoxy) is 1. The molecule has 1 aliphatic carbocycles. The van der Waals surface area contributed by atoms with Gasteiger partial charge in [-0.1, -0.05) is 0 Å². The van der Waals surface area contributed by atoms with Crippen molar-refractivity contribution in [1.29, 1.82) is 0 Å². The van der Waals surface area contributed by atoms with Crippen LogP contribution in [0.4, 0.5) is 5.82 Å². The zero-order chi connectivity index (χ0) is 15.5. The minimum Gasteiger partial charge on any atom is -0.374 e. The third-order valence-corrected chi connectivity index (χ3v) is 4.12. The molecule has 1 aliphatic heterocycles. The van der Waals surface area contributed by atoms with E-state index in [1.54, 1.807) is 6.20 Å². The molecule has 0 amide bonds. The number of nitrogens with zero attached hydrogens (tertiary/aromatic N) is 7. The molecular weight excluding hydrogens is 296 g/mol. The predicted octanol–water partition coefficient (Wildman–Crippen LogP) is 0.111. The van der Waals surface area contributed by atoms with Crippen molar-refractivity contribution < 1.29 is 4.74 Å². The molecule has 1 saturated heterocycles. The number of nitrogens with one attached hydrogen (secondary N) is 1. The summed E-state index contributed by atoms with van der Waals surface area (Å²) in [5.41, 5.74) is 0. The highest BCUT2D eigenvalue weighted by atomic mass is 16.5. The Labute approximate surface area is 134 Å².